The summed E-state index contributed by atoms with van der Waals surface area (Å²) in [6, 6.07) is 25.3. The second-order valence-electron chi connectivity index (χ2n) is 6.67. The molecule has 0 radical (unpaired) electrons. The molecule has 0 aromatic heterocycles. The first-order valence-electron chi connectivity index (χ1n) is 9.70. The van der Waals surface area contributed by atoms with E-state index in [1.807, 2.05) is 60.7 Å². The van der Waals surface area contributed by atoms with Gasteiger partial charge in [0.2, 0.25) is 0 Å². The number of benzene rings is 3. The summed E-state index contributed by atoms with van der Waals surface area (Å²) in [5.41, 5.74) is 2.06. The minimum absolute atomic E-state index is 0.000387. The van der Waals surface area contributed by atoms with E-state index in [2.05, 4.69) is 0 Å². The maximum Gasteiger partial charge on any atom is 0.525 e. The van der Waals surface area contributed by atoms with Crippen molar-refractivity contribution in [2.75, 3.05) is 13.2 Å². The van der Waals surface area contributed by atoms with E-state index < -0.39 is 19.0 Å². The zero-order valence-electron chi connectivity index (χ0n) is 16.5. The van der Waals surface area contributed by atoms with Gasteiger partial charge < -0.3 is 14.5 Å². The summed E-state index contributed by atoms with van der Waals surface area (Å²) in [5.74, 6) is -0.573. The molecule has 0 aliphatic heterocycles. The first kappa shape index (κ1) is 22.1. The Morgan fingerprint density at radius 1 is 0.767 bits per heavy atom. The van der Waals surface area contributed by atoms with Crippen LogP contribution in [0.15, 0.2) is 84.9 Å². The van der Waals surface area contributed by atoms with Crippen molar-refractivity contribution in [3.63, 3.8) is 0 Å². The van der Waals surface area contributed by atoms with Crippen LogP contribution >= 0.6 is 0 Å². The maximum atomic E-state index is 13.7. The molecule has 0 amide bonds. The lowest BCUT2D eigenvalue weighted by Gasteiger charge is -2.18. The third-order valence-electron chi connectivity index (χ3n) is 4.33. The maximum absolute atomic E-state index is 13.7. The summed E-state index contributed by atoms with van der Waals surface area (Å²) < 4.78 is 25.4. The van der Waals surface area contributed by atoms with Gasteiger partial charge in [-0.05, 0) is 17.2 Å². The van der Waals surface area contributed by atoms with Crippen LogP contribution in [-0.2, 0) is 32.4 Å². The normalized spacial score (nSPS) is 11.9. The lowest BCUT2D eigenvalue weighted by Crippen LogP contribution is -2.37. The van der Waals surface area contributed by atoms with Crippen molar-refractivity contribution in [1.29, 1.82) is 0 Å². The van der Waals surface area contributed by atoms with Gasteiger partial charge in [0.1, 0.15) is 18.5 Å². The predicted molar refractivity (Wildman–Crippen MR) is 112 cm³/mol. The quantitative estimate of drug-likeness (QED) is 0.282. The Hall–Kier alpha value is -2.55. The molecule has 156 valence electrons. The predicted octanol–water partition coefficient (Wildman–Crippen LogP) is 3.26. The van der Waals surface area contributed by atoms with Crippen molar-refractivity contribution in [3.8, 4) is 0 Å². The second-order valence-corrected chi connectivity index (χ2v) is 6.67. The number of rotatable bonds is 12. The van der Waals surface area contributed by atoms with E-state index in [0.717, 1.165) is 11.1 Å². The Bertz CT molecular complexity index is 866. The molecule has 7 heteroatoms. The van der Waals surface area contributed by atoms with E-state index in [9.17, 15) is 9.41 Å². The van der Waals surface area contributed by atoms with E-state index in [-0.39, 0.29) is 18.7 Å². The summed E-state index contributed by atoms with van der Waals surface area (Å²) in [4.78, 5) is 10.1. The number of halogens is 1. The van der Waals surface area contributed by atoms with Crippen LogP contribution in [0, 0.1) is 5.82 Å². The Balaban J connectivity index is 1.49. The number of hydrogen-bond donors (Lipinski definition) is 1. The molecule has 1 N–H and O–H groups in total. The fourth-order valence-corrected chi connectivity index (χ4v) is 2.72. The van der Waals surface area contributed by atoms with Crippen LogP contribution in [0.5, 0.6) is 0 Å². The van der Waals surface area contributed by atoms with Crippen LogP contribution in [0.4, 0.5) is 4.39 Å². The molecule has 3 aromatic carbocycles. The lowest BCUT2D eigenvalue weighted by atomic mass is 9.80. The number of ether oxygens (including phenoxy) is 2. The topological polar surface area (TPSA) is 57.2 Å². The minimum Gasteiger partial charge on any atom is -0.422 e. The highest BCUT2D eigenvalue weighted by molar-refractivity contribution is 6.59. The molecule has 0 fully saturated rings. The first-order valence-corrected chi connectivity index (χ1v) is 9.70. The van der Waals surface area contributed by atoms with Crippen LogP contribution in [0.25, 0.3) is 0 Å². The van der Waals surface area contributed by atoms with Gasteiger partial charge in [0.25, 0.3) is 0 Å². The van der Waals surface area contributed by atoms with Crippen LogP contribution < -0.4 is 5.46 Å². The van der Waals surface area contributed by atoms with E-state index in [0.29, 0.717) is 13.2 Å². The summed E-state index contributed by atoms with van der Waals surface area (Å²) in [5, 5.41) is 9.99. The summed E-state index contributed by atoms with van der Waals surface area (Å²) in [6.07, 6.45) is -0.443. The third-order valence-corrected chi connectivity index (χ3v) is 4.33. The molecule has 0 saturated heterocycles. The van der Waals surface area contributed by atoms with Gasteiger partial charge in [0, 0.05) is 5.46 Å². The standard InChI is InChI=1S/C23H24BFO5/c25-23-14-8-7-13-22(23)24(26)30-29-18-21(28-16-20-11-5-2-6-12-20)17-27-15-19-9-3-1-4-10-19/h1-14,21,26H,15-18H2. The molecule has 3 rings (SSSR count). The van der Waals surface area contributed by atoms with Crippen molar-refractivity contribution < 1.29 is 28.6 Å². The smallest absolute Gasteiger partial charge is 0.422 e. The third kappa shape index (κ3) is 7.37. The van der Waals surface area contributed by atoms with Crippen molar-refractivity contribution in [2.45, 2.75) is 19.3 Å². The van der Waals surface area contributed by atoms with Crippen LogP contribution in [0.3, 0.4) is 0 Å². The summed E-state index contributed by atoms with van der Waals surface area (Å²) in [6.45, 7) is 1.08. The SMILES string of the molecule is OB(OOCC(COCc1ccccc1)OCc1ccccc1)c1ccccc1F. The first-order chi connectivity index (χ1) is 14.7. The van der Waals surface area contributed by atoms with Gasteiger partial charge in [0.15, 0.2) is 0 Å². The van der Waals surface area contributed by atoms with Gasteiger partial charge in [-0.3, -0.25) is 4.81 Å². The van der Waals surface area contributed by atoms with Gasteiger partial charge in [-0.2, -0.15) is 0 Å². The molecule has 0 aliphatic carbocycles. The molecule has 30 heavy (non-hydrogen) atoms. The fraction of sp³-hybridized carbons (Fsp3) is 0.217. The zero-order valence-corrected chi connectivity index (χ0v) is 16.5. The molecular weight excluding hydrogens is 386 g/mol. The van der Waals surface area contributed by atoms with E-state index in [1.54, 1.807) is 6.07 Å². The fourth-order valence-electron chi connectivity index (χ4n) is 2.72. The van der Waals surface area contributed by atoms with Gasteiger partial charge in [-0.1, -0.05) is 78.9 Å². The van der Waals surface area contributed by atoms with Crippen molar-refractivity contribution in [3.05, 3.63) is 102 Å². The highest BCUT2D eigenvalue weighted by Gasteiger charge is 2.22. The van der Waals surface area contributed by atoms with Crippen molar-refractivity contribution >= 4 is 12.6 Å². The second kappa shape index (κ2) is 12.2. The van der Waals surface area contributed by atoms with E-state index >= 15 is 0 Å². The molecule has 0 spiro atoms. The Morgan fingerprint density at radius 2 is 1.37 bits per heavy atom. The largest absolute Gasteiger partial charge is 0.525 e. The van der Waals surface area contributed by atoms with Crippen molar-refractivity contribution in [2.24, 2.45) is 0 Å². The van der Waals surface area contributed by atoms with Gasteiger partial charge in [0.05, 0.1) is 19.8 Å². The van der Waals surface area contributed by atoms with Gasteiger partial charge >= 0.3 is 7.12 Å². The van der Waals surface area contributed by atoms with Crippen LogP contribution in [-0.4, -0.2) is 31.5 Å². The molecule has 1 unspecified atom stereocenters. The Kier molecular flexibility index (Phi) is 9.02. The summed E-state index contributed by atoms with van der Waals surface area (Å²) in [7, 11) is -1.54. The zero-order chi connectivity index (χ0) is 21.0. The molecule has 0 bridgehead atoms. The molecular formula is C23H24BFO5. The Morgan fingerprint density at radius 3 is 2.03 bits per heavy atom. The van der Waals surface area contributed by atoms with Gasteiger partial charge in [-0.15, -0.1) is 0 Å². The highest BCUT2D eigenvalue weighted by Crippen LogP contribution is 2.07. The lowest BCUT2D eigenvalue weighted by molar-refractivity contribution is -0.246. The van der Waals surface area contributed by atoms with E-state index in [1.165, 1.54) is 18.2 Å². The molecule has 0 aliphatic rings. The summed E-state index contributed by atoms with van der Waals surface area (Å²) >= 11 is 0. The van der Waals surface area contributed by atoms with Crippen LogP contribution in [0.2, 0.25) is 0 Å². The molecule has 0 heterocycles. The minimum atomic E-state index is -1.54. The molecule has 5 nitrogen and oxygen atoms in total. The molecule has 3 aromatic rings. The van der Waals surface area contributed by atoms with Gasteiger partial charge in [-0.25, -0.2) is 9.28 Å². The van der Waals surface area contributed by atoms with Crippen molar-refractivity contribution in [1.82, 2.24) is 0 Å². The Labute approximate surface area is 176 Å². The molecule has 1 atom stereocenters. The average Bonchev–Trinajstić information content (AvgIpc) is 2.78. The highest BCUT2D eigenvalue weighted by atomic mass is 19.1. The number of hydrogen-bond acceptors (Lipinski definition) is 5. The van der Waals surface area contributed by atoms with E-state index in [4.69, 9.17) is 19.2 Å². The molecule has 0 saturated carbocycles. The van der Waals surface area contributed by atoms with Crippen LogP contribution in [0.1, 0.15) is 11.1 Å². The average molecular weight is 410 g/mol. The monoisotopic (exact) mass is 410 g/mol.